The van der Waals surface area contributed by atoms with E-state index >= 15 is 0 Å². The summed E-state index contributed by atoms with van der Waals surface area (Å²) in [5, 5.41) is 1.09. The maximum atomic E-state index is 13.6. The predicted molar refractivity (Wildman–Crippen MR) is 158 cm³/mol. The van der Waals surface area contributed by atoms with E-state index in [2.05, 4.69) is 4.98 Å². The van der Waals surface area contributed by atoms with Crippen molar-refractivity contribution in [3.8, 4) is 0 Å². The molecule has 0 N–H and O–H groups in total. The number of likely N-dealkylation sites (N-methyl/N-ethyl adjacent to an activating group) is 1. The first-order valence-corrected chi connectivity index (χ1v) is 14.6. The number of carbonyl (C=O) groups excluding carboxylic acids is 1. The van der Waals surface area contributed by atoms with Crippen LogP contribution >= 0.6 is 35.3 Å². The van der Waals surface area contributed by atoms with E-state index in [1.165, 1.54) is 27.8 Å². The van der Waals surface area contributed by atoms with Gasteiger partial charge < -0.3 is 4.90 Å². The van der Waals surface area contributed by atoms with Gasteiger partial charge in [-0.1, -0.05) is 47.2 Å². The number of sulfonamides is 1. The molecule has 1 aromatic heterocycles. The molecule has 200 valence electrons. The van der Waals surface area contributed by atoms with Gasteiger partial charge in [0.1, 0.15) is 5.52 Å². The molecular formula is C27H28Cl2N4O3S2. The van der Waals surface area contributed by atoms with Crippen LogP contribution in [0.15, 0.2) is 71.6 Å². The summed E-state index contributed by atoms with van der Waals surface area (Å²) < 4.78 is 29.4. The number of aromatic nitrogens is 1. The summed E-state index contributed by atoms with van der Waals surface area (Å²) in [7, 11) is 0.124. The van der Waals surface area contributed by atoms with Gasteiger partial charge in [-0.05, 0) is 75.0 Å². The molecule has 1 aliphatic heterocycles. The van der Waals surface area contributed by atoms with Gasteiger partial charge in [0.15, 0.2) is 5.13 Å². The number of halogens is 2. The van der Waals surface area contributed by atoms with Crippen LogP contribution in [0.25, 0.3) is 10.2 Å². The SMILES string of the molecule is CN(C)CCN(C(=O)c1ccc(S(=O)(=O)N2CCCc3ccccc32)cc1)c1nc2c(Cl)cccc2s1.Cl. The first-order valence-electron chi connectivity index (χ1n) is 12.0. The fourth-order valence-corrected chi connectivity index (χ4v) is 7.23. The Morgan fingerprint density at radius 3 is 2.47 bits per heavy atom. The Bertz CT molecular complexity index is 1560. The zero-order valence-electron chi connectivity index (χ0n) is 21.0. The van der Waals surface area contributed by atoms with Crippen molar-refractivity contribution < 1.29 is 13.2 Å². The molecule has 0 bridgehead atoms. The van der Waals surface area contributed by atoms with Gasteiger partial charge in [0, 0.05) is 25.2 Å². The average Bonchev–Trinajstić information content (AvgIpc) is 3.33. The highest BCUT2D eigenvalue weighted by Crippen LogP contribution is 2.34. The fraction of sp³-hybridized carbons (Fsp3) is 0.259. The number of anilines is 2. The Kier molecular flexibility index (Phi) is 8.64. The van der Waals surface area contributed by atoms with Crippen LogP contribution in [0.5, 0.6) is 0 Å². The summed E-state index contributed by atoms with van der Waals surface area (Å²) in [6, 6.07) is 19.3. The number of fused-ring (bicyclic) bond motifs is 2. The van der Waals surface area contributed by atoms with Crippen LogP contribution in [0.4, 0.5) is 10.8 Å². The lowest BCUT2D eigenvalue weighted by atomic mass is 10.0. The second-order valence-corrected chi connectivity index (χ2v) is 12.5. The summed E-state index contributed by atoms with van der Waals surface area (Å²) in [5.41, 5.74) is 2.80. The lowest BCUT2D eigenvalue weighted by Gasteiger charge is -2.30. The van der Waals surface area contributed by atoms with E-state index in [1.807, 2.05) is 55.4 Å². The van der Waals surface area contributed by atoms with E-state index in [0.29, 0.717) is 40.9 Å². The second-order valence-electron chi connectivity index (χ2n) is 9.18. The first kappa shape index (κ1) is 28.3. The molecule has 0 saturated carbocycles. The average molecular weight is 592 g/mol. The third-order valence-electron chi connectivity index (χ3n) is 6.36. The monoisotopic (exact) mass is 590 g/mol. The molecule has 0 spiro atoms. The number of amides is 1. The van der Waals surface area contributed by atoms with Crippen molar-refractivity contribution in [2.75, 3.05) is 42.9 Å². The van der Waals surface area contributed by atoms with Crippen molar-refractivity contribution in [2.24, 2.45) is 0 Å². The largest absolute Gasteiger partial charge is 0.308 e. The first-order chi connectivity index (χ1) is 17.8. The van der Waals surface area contributed by atoms with Crippen molar-refractivity contribution in [1.29, 1.82) is 0 Å². The number of carbonyl (C=O) groups is 1. The maximum absolute atomic E-state index is 13.6. The Balaban J connectivity index is 0.00000336. The second kappa shape index (κ2) is 11.6. The summed E-state index contributed by atoms with van der Waals surface area (Å²) in [6.45, 7) is 1.49. The third-order valence-corrected chi connectivity index (χ3v) is 9.54. The molecule has 1 amide bonds. The van der Waals surface area contributed by atoms with Crippen molar-refractivity contribution >= 4 is 72.3 Å². The molecule has 38 heavy (non-hydrogen) atoms. The molecule has 0 aliphatic carbocycles. The number of rotatable bonds is 7. The van der Waals surface area contributed by atoms with Crippen LogP contribution < -0.4 is 9.21 Å². The molecule has 0 radical (unpaired) electrons. The highest BCUT2D eigenvalue weighted by molar-refractivity contribution is 7.92. The lowest BCUT2D eigenvalue weighted by Crippen LogP contribution is -2.37. The van der Waals surface area contributed by atoms with Gasteiger partial charge in [0.2, 0.25) is 0 Å². The molecule has 5 rings (SSSR count). The number of para-hydroxylation sites is 2. The van der Waals surface area contributed by atoms with E-state index in [9.17, 15) is 13.2 Å². The normalized spacial score (nSPS) is 13.3. The molecule has 11 heteroatoms. The van der Waals surface area contributed by atoms with Crippen LogP contribution in [0.2, 0.25) is 5.02 Å². The molecule has 7 nitrogen and oxygen atoms in total. The number of hydrogen-bond acceptors (Lipinski definition) is 6. The maximum Gasteiger partial charge on any atom is 0.264 e. The Labute approximate surface area is 238 Å². The predicted octanol–water partition coefficient (Wildman–Crippen LogP) is 5.72. The number of thiazole rings is 1. The number of nitrogens with zero attached hydrogens (tertiary/aromatic N) is 4. The molecule has 0 fully saturated rings. The van der Waals surface area contributed by atoms with Gasteiger partial charge in [0.05, 0.1) is 20.3 Å². The quantitative estimate of drug-likeness (QED) is 0.275. The van der Waals surface area contributed by atoms with Crippen LogP contribution in [0.3, 0.4) is 0 Å². The fourth-order valence-electron chi connectivity index (χ4n) is 4.40. The minimum absolute atomic E-state index is 0. The summed E-state index contributed by atoms with van der Waals surface area (Å²) in [5.74, 6) is -0.246. The molecule has 0 atom stereocenters. The topological polar surface area (TPSA) is 73.8 Å². The van der Waals surface area contributed by atoms with E-state index < -0.39 is 10.0 Å². The van der Waals surface area contributed by atoms with E-state index in [1.54, 1.807) is 23.1 Å². The highest BCUT2D eigenvalue weighted by Gasteiger charge is 2.29. The standard InChI is InChI=1S/C27H27ClN4O3S2.ClH/c1-30(2)17-18-31(27-29-25-22(28)9-5-11-24(25)36-27)26(33)20-12-14-21(15-13-20)37(34,35)32-16-6-8-19-7-3-4-10-23(19)32;/h3-5,7,9-15H,6,8,16-18H2,1-2H3;1H. The van der Waals surface area contributed by atoms with Crippen molar-refractivity contribution in [2.45, 2.75) is 17.7 Å². The lowest BCUT2D eigenvalue weighted by molar-refractivity contribution is 0.0985. The molecular weight excluding hydrogens is 563 g/mol. The van der Waals surface area contributed by atoms with Gasteiger partial charge in [-0.3, -0.25) is 14.0 Å². The van der Waals surface area contributed by atoms with E-state index in [-0.39, 0.29) is 23.2 Å². The molecule has 0 saturated heterocycles. The number of hydrogen-bond donors (Lipinski definition) is 0. The van der Waals surface area contributed by atoms with Gasteiger partial charge in [0.25, 0.3) is 15.9 Å². The van der Waals surface area contributed by atoms with Gasteiger partial charge >= 0.3 is 0 Å². The van der Waals surface area contributed by atoms with Crippen LogP contribution in [0.1, 0.15) is 22.3 Å². The Morgan fingerprint density at radius 1 is 1.03 bits per heavy atom. The Morgan fingerprint density at radius 2 is 1.76 bits per heavy atom. The van der Waals surface area contributed by atoms with Crippen LogP contribution in [0, 0.1) is 0 Å². The van der Waals surface area contributed by atoms with Gasteiger partial charge in [-0.25, -0.2) is 13.4 Å². The molecule has 3 aromatic carbocycles. The summed E-state index contributed by atoms with van der Waals surface area (Å²) in [6.07, 6.45) is 1.62. The minimum Gasteiger partial charge on any atom is -0.308 e. The van der Waals surface area contributed by atoms with E-state index in [4.69, 9.17) is 11.6 Å². The molecule has 2 heterocycles. The number of aryl methyl sites for hydroxylation is 1. The molecule has 0 unspecified atom stereocenters. The summed E-state index contributed by atoms with van der Waals surface area (Å²) in [4.78, 5) is 22.1. The Hall–Kier alpha value is -2.69. The molecule has 4 aromatic rings. The van der Waals surface area contributed by atoms with Crippen molar-refractivity contribution in [1.82, 2.24) is 9.88 Å². The smallest absolute Gasteiger partial charge is 0.264 e. The number of benzene rings is 3. The van der Waals surface area contributed by atoms with Gasteiger partial charge in [-0.2, -0.15) is 0 Å². The zero-order chi connectivity index (χ0) is 26.2. The van der Waals surface area contributed by atoms with Crippen molar-refractivity contribution in [3.63, 3.8) is 0 Å². The van der Waals surface area contributed by atoms with Crippen LogP contribution in [-0.4, -0.2) is 57.9 Å². The highest BCUT2D eigenvalue weighted by atomic mass is 35.5. The van der Waals surface area contributed by atoms with Gasteiger partial charge in [-0.15, -0.1) is 12.4 Å². The third kappa shape index (κ3) is 5.53. The van der Waals surface area contributed by atoms with Crippen molar-refractivity contribution in [3.05, 3.63) is 82.9 Å². The summed E-state index contributed by atoms with van der Waals surface area (Å²) >= 11 is 7.73. The minimum atomic E-state index is -3.76. The zero-order valence-corrected chi connectivity index (χ0v) is 24.2. The van der Waals surface area contributed by atoms with Crippen LogP contribution in [-0.2, 0) is 16.4 Å². The van der Waals surface area contributed by atoms with E-state index in [0.717, 1.165) is 28.8 Å². The molecule has 1 aliphatic rings.